The molecule has 60 heavy (non-hydrogen) atoms. The zero-order chi connectivity index (χ0) is 41.1. The summed E-state index contributed by atoms with van der Waals surface area (Å²) < 4.78 is 0. The Bertz CT molecular complexity index is 3350. The molecule has 0 aliphatic rings. The number of hydrogen-bond donors (Lipinski definition) is 0. The Labute approximate surface area is 356 Å². The molecule has 3 nitrogen and oxygen atoms in total. The fourth-order valence-electron chi connectivity index (χ4n) is 8.33. The van der Waals surface area contributed by atoms with Crippen LogP contribution in [0.3, 0.4) is 0 Å². The molecule has 0 saturated carbocycles. The maximum atomic E-state index is 7.07. The SMILES string of the molecule is [B]c1c(-c2cccc3ccccc23)c([B])c2c([B])c([B])c(-c3cccc(-c4nc(-c5cccc(-c6ccccc6)c5)nc(-c5ccc6ccccc6c5)n4)c3)c([B])c2c1[B]. The van der Waals surface area contributed by atoms with Gasteiger partial charge in [0.05, 0.1) is 0 Å². The molecule has 0 aliphatic carbocycles. The van der Waals surface area contributed by atoms with Gasteiger partial charge in [-0.1, -0.05) is 178 Å². The van der Waals surface area contributed by atoms with Crippen LogP contribution in [0.4, 0.5) is 0 Å². The Balaban J connectivity index is 1.14. The summed E-state index contributed by atoms with van der Waals surface area (Å²) in [7, 11) is 41.7. The van der Waals surface area contributed by atoms with E-state index in [0.717, 1.165) is 49.4 Å². The lowest BCUT2D eigenvalue weighted by atomic mass is 9.60. The summed E-state index contributed by atoms with van der Waals surface area (Å²) in [5.74, 6) is 1.53. The quantitative estimate of drug-likeness (QED) is 0.194. The first kappa shape index (κ1) is 37.4. The van der Waals surface area contributed by atoms with Gasteiger partial charge in [-0.2, -0.15) is 0 Å². The predicted molar refractivity (Wildman–Crippen MR) is 257 cm³/mol. The molecule has 0 atom stereocenters. The molecule has 0 N–H and O–H groups in total. The van der Waals surface area contributed by atoms with Crippen molar-refractivity contribution >= 4 is 112 Å². The van der Waals surface area contributed by atoms with Crippen molar-refractivity contribution in [2.45, 2.75) is 0 Å². The molecule has 0 fully saturated rings. The van der Waals surface area contributed by atoms with Crippen molar-refractivity contribution in [2.24, 2.45) is 0 Å². The maximum Gasteiger partial charge on any atom is 0.164 e. The van der Waals surface area contributed by atoms with Gasteiger partial charge in [-0.3, -0.25) is 0 Å². The summed E-state index contributed by atoms with van der Waals surface area (Å²) in [6.45, 7) is 0. The Morgan fingerprint density at radius 3 is 1.43 bits per heavy atom. The van der Waals surface area contributed by atoms with Crippen LogP contribution in [0.1, 0.15) is 0 Å². The molecular weight excluding hydrogens is 719 g/mol. The number of hydrogen-bond acceptors (Lipinski definition) is 3. The van der Waals surface area contributed by atoms with Gasteiger partial charge >= 0.3 is 0 Å². The first-order valence-electron chi connectivity index (χ1n) is 19.5. The van der Waals surface area contributed by atoms with Gasteiger partial charge in [0.25, 0.3) is 0 Å². The molecule has 1 aromatic heterocycles. The summed E-state index contributed by atoms with van der Waals surface area (Å²) >= 11 is 0. The van der Waals surface area contributed by atoms with E-state index in [4.69, 9.17) is 62.0 Å². The van der Waals surface area contributed by atoms with Crippen LogP contribution in [0.25, 0.3) is 99.9 Å². The van der Waals surface area contributed by atoms with Crippen LogP contribution in [0.5, 0.6) is 0 Å². The number of benzene rings is 9. The van der Waals surface area contributed by atoms with Crippen LogP contribution in [0, 0.1) is 0 Å². The van der Waals surface area contributed by atoms with Gasteiger partial charge in [-0.05, 0) is 83.9 Å². The van der Waals surface area contributed by atoms with Crippen LogP contribution in [-0.2, 0) is 0 Å². The van der Waals surface area contributed by atoms with Crippen LogP contribution >= 0.6 is 0 Å². The molecule has 12 radical (unpaired) electrons. The van der Waals surface area contributed by atoms with Gasteiger partial charge in [0.1, 0.15) is 47.1 Å². The second kappa shape index (κ2) is 15.1. The lowest BCUT2D eigenvalue weighted by Gasteiger charge is -2.26. The van der Waals surface area contributed by atoms with E-state index in [0.29, 0.717) is 66.9 Å². The Hall–Kier alpha value is -6.84. The molecule has 9 aromatic carbocycles. The third-order valence-electron chi connectivity index (χ3n) is 11.3. The van der Waals surface area contributed by atoms with Gasteiger partial charge < -0.3 is 0 Å². The minimum absolute atomic E-state index is 0.254. The molecule has 9 heteroatoms. The summed E-state index contributed by atoms with van der Waals surface area (Å²) in [4.78, 5) is 15.2. The summed E-state index contributed by atoms with van der Waals surface area (Å²) in [6, 6.07) is 54.6. The monoisotopic (exact) mass is 747 g/mol. The van der Waals surface area contributed by atoms with E-state index in [1.54, 1.807) is 0 Å². The molecule has 0 bridgehead atoms. The average Bonchev–Trinajstić information content (AvgIpc) is 3.29. The van der Waals surface area contributed by atoms with Crippen LogP contribution < -0.4 is 32.8 Å². The normalized spacial score (nSPS) is 11.4. The smallest absolute Gasteiger partial charge is 0.164 e. The summed E-state index contributed by atoms with van der Waals surface area (Å²) in [6.07, 6.45) is 0. The van der Waals surface area contributed by atoms with Crippen molar-refractivity contribution in [1.82, 2.24) is 15.0 Å². The largest absolute Gasteiger partial charge is 0.208 e. The van der Waals surface area contributed by atoms with Crippen molar-refractivity contribution in [3.05, 3.63) is 164 Å². The number of aromatic nitrogens is 3. The fourth-order valence-corrected chi connectivity index (χ4v) is 8.33. The topological polar surface area (TPSA) is 38.7 Å². The number of nitrogens with zero attached hydrogens (tertiary/aromatic N) is 3. The number of fused-ring (bicyclic) bond motifs is 3. The van der Waals surface area contributed by atoms with Crippen LogP contribution in [-0.4, -0.2) is 62.0 Å². The van der Waals surface area contributed by atoms with Gasteiger partial charge in [-0.25, -0.2) is 15.0 Å². The molecule has 0 amide bonds. The number of rotatable bonds is 6. The van der Waals surface area contributed by atoms with Gasteiger partial charge in [0.2, 0.25) is 0 Å². The zero-order valence-electron chi connectivity index (χ0n) is 32.4. The third kappa shape index (κ3) is 6.37. The highest BCUT2D eigenvalue weighted by Crippen LogP contribution is 2.32. The second-order valence-electron chi connectivity index (χ2n) is 14.9. The van der Waals surface area contributed by atoms with E-state index < -0.39 is 0 Å². The van der Waals surface area contributed by atoms with Gasteiger partial charge in [0, 0.05) is 16.7 Å². The van der Waals surface area contributed by atoms with E-state index in [1.807, 2.05) is 115 Å². The summed E-state index contributed by atoms with van der Waals surface area (Å²) in [5, 5.41) is 5.11. The van der Waals surface area contributed by atoms with Crippen molar-refractivity contribution in [3.8, 4) is 67.5 Å². The highest BCUT2D eigenvalue weighted by molar-refractivity contribution is 6.68. The molecule has 264 valence electrons. The van der Waals surface area contributed by atoms with E-state index in [-0.39, 0.29) is 16.4 Å². The van der Waals surface area contributed by atoms with E-state index in [1.165, 1.54) is 0 Å². The maximum absolute atomic E-state index is 7.07. The zero-order valence-corrected chi connectivity index (χ0v) is 32.4. The molecule has 10 rings (SSSR count). The third-order valence-corrected chi connectivity index (χ3v) is 11.3. The van der Waals surface area contributed by atoms with E-state index in [9.17, 15) is 0 Å². The summed E-state index contributed by atoms with van der Waals surface area (Å²) in [5.41, 5.74) is 8.92. The first-order chi connectivity index (χ1) is 29.2. The molecule has 10 aromatic rings. The van der Waals surface area contributed by atoms with Crippen molar-refractivity contribution in [2.75, 3.05) is 0 Å². The van der Waals surface area contributed by atoms with Crippen LogP contribution in [0.2, 0.25) is 0 Å². The Morgan fingerprint density at radius 1 is 0.283 bits per heavy atom. The lowest BCUT2D eigenvalue weighted by Crippen LogP contribution is -2.44. The molecule has 0 saturated heterocycles. The van der Waals surface area contributed by atoms with Crippen molar-refractivity contribution < 1.29 is 0 Å². The van der Waals surface area contributed by atoms with Crippen molar-refractivity contribution in [1.29, 1.82) is 0 Å². The van der Waals surface area contributed by atoms with E-state index >= 15 is 0 Å². The van der Waals surface area contributed by atoms with E-state index in [2.05, 4.69) is 48.5 Å². The molecule has 1 heterocycles. The minimum Gasteiger partial charge on any atom is -0.208 e. The molecule has 0 spiro atoms. The lowest BCUT2D eigenvalue weighted by molar-refractivity contribution is 1.07. The highest BCUT2D eigenvalue weighted by Gasteiger charge is 2.21. The molecular formula is C51H27B6N3. The average molecular weight is 747 g/mol. The Morgan fingerprint density at radius 2 is 0.750 bits per heavy atom. The second-order valence-corrected chi connectivity index (χ2v) is 14.9. The predicted octanol–water partition coefficient (Wildman–Crippen LogP) is 6.10. The minimum atomic E-state index is 0.254. The fraction of sp³-hybridized carbons (Fsp3) is 0. The first-order valence-corrected chi connectivity index (χ1v) is 19.5. The standard InChI is InChI=1S/C51H27B6N3/c52-43-39(45(54)47(56)42-41(43)48(57)46(55)40(44(42)53)38-22-10-16-30-14-6-7-21-37(30)38)33-18-9-20-35(27-33)50-58-49(34-19-8-17-32(25-34)28-11-2-1-3-12-28)59-51(60-50)36-24-23-29-13-4-5-15-31(29)26-36/h1-27H. The highest BCUT2D eigenvalue weighted by atomic mass is 15.0. The van der Waals surface area contributed by atoms with Crippen molar-refractivity contribution in [3.63, 3.8) is 0 Å². The molecule has 0 unspecified atom stereocenters. The van der Waals surface area contributed by atoms with Gasteiger partial charge in [0.15, 0.2) is 17.5 Å². The Kier molecular flexibility index (Phi) is 9.41. The molecule has 0 aliphatic heterocycles. The van der Waals surface area contributed by atoms with Gasteiger partial charge in [-0.15, -0.1) is 0 Å². The van der Waals surface area contributed by atoms with Crippen LogP contribution in [0.15, 0.2) is 164 Å².